The largest absolute Gasteiger partial charge is 0.467 e. The minimum atomic E-state index is -2.20. The van der Waals surface area contributed by atoms with Gasteiger partial charge in [0.2, 0.25) is 5.60 Å². The van der Waals surface area contributed by atoms with E-state index in [0.29, 0.717) is 0 Å². The third-order valence-electron chi connectivity index (χ3n) is 14.3. The summed E-state index contributed by atoms with van der Waals surface area (Å²) in [5, 5.41) is 13.5. The number of fused-ring (bicyclic) bond motifs is 9. The molecule has 5 unspecified atom stereocenters. The number of esters is 6. The van der Waals surface area contributed by atoms with Crippen LogP contribution in [0.3, 0.4) is 0 Å². The first-order chi connectivity index (χ1) is 25.5. The number of ketones is 1. The number of aliphatic hydroxyl groups is 1. The van der Waals surface area contributed by atoms with Gasteiger partial charge in [-0.1, -0.05) is 26.0 Å². The number of carbonyl (C=O) groups is 7. The van der Waals surface area contributed by atoms with Crippen LogP contribution in [0.5, 0.6) is 0 Å². The minimum Gasteiger partial charge on any atom is -0.467 e. The lowest BCUT2D eigenvalue weighted by molar-refractivity contribution is -0.357. The molecule has 16 heteroatoms. The summed E-state index contributed by atoms with van der Waals surface area (Å²) in [5.41, 5.74) is -10.3. The van der Waals surface area contributed by atoms with Crippen molar-refractivity contribution in [1.82, 2.24) is 0 Å². The van der Waals surface area contributed by atoms with Gasteiger partial charge >= 0.3 is 35.8 Å². The molecule has 55 heavy (non-hydrogen) atoms. The van der Waals surface area contributed by atoms with Crippen LogP contribution in [0, 0.1) is 39.4 Å². The van der Waals surface area contributed by atoms with Crippen LogP contribution in [0.2, 0.25) is 0 Å². The molecule has 0 aromatic rings. The quantitative estimate of drug-likeness (QED) is 0.169. The first-order valence-corrected chi connectivity index (χ1v) is 18.7. The van der Waals surface area contributed by atoms with E-state index in [4.69, 9.17) is 37.9 Å². The SMILES string of the molecule is COC(=O)C12O[C@@H]1C(=O)CC1(O)C3CC[C@]4(C)C([C@H](OC(C)=O)[C@H](OC(C)=O)[C@@]5([C@@H](C)OC(C)=O)COCC=CC45)[C@@]3(C)[C@H](OC(C)=O)[C@H](OC(C)=O)[C@]12C. The van der Waals surface area contributed by atoms with Crippen LogP contribution in [-0.2, 0) is 71.5 Å². The molecule has 304 valence electrons. The van der Waals surface area contributed by atoms with E-state index in [1.165, 1.54) is 27.7 Å². The number of rotatable bonds is 7. The van der Waals surface area contributed by atoms with Crippen molar-refractivity contribution in [1.29, 1.82) is 0 Å². The summed E-state index contributed by atoms with van der Waals surface area (Å²) in [5.74, 6) is -8.05. The molecule has 4 saturated carbocycles. The molecule has 15 atom stereocenters. The fourth-order valence-corrected chi connectivity index (χ4v) is 12.5. The smallest absolute Gasteiger partial charge is 0.342 e. The third-order valence-corrected chi connectivity index (χ3v) is 14.3. The number of hydrogen-bond donors (Lipinski definition) is 1. The van der Waals surface area contributed by atoms with Gasteiger partial charge in [0.15, 0.2) is 24.1 Å². The van der Waals surface area contributed by atoms with Crippen LogP contribution in [0.4, 0.5) is 0 Å². The van der Waals surface area contributed by atoms with Gasteiger partial charge in [-0.25, -0.2) is 4.79 Å². The summed E-state index contributed by atoms with van der Waals surface area (Å²) in [6, 6.07) is 0. The average molecular weight is 777 g/mol. The molecule has 0 aromatic heterocycles. The molecule has 0 bridgehead atoms. The van der Waals surface area contributed by atoms with Crippen molar-refractivity contribution < 1.29 is 76.6 Å². The van der Waals surface area contributed by atoms with E-state index < -0.39 is 135 Å². The van der Waals surface area contributed by atoms with Gasteiger partial charge in [0.1, 0.15) is 18.3 Å². The van der Waals surface area contributed by atoms with E-state index in [9.17, 15) is 38.7 Å². The molecule has 0 aromatic carbocycles. The van der Waals surface area contributed by atoms with E-state index in [-0.39, 0.29) is 26.1 Å². The predicted octanol–water partition coefficient (Wildman–Crippen LogP) is 1.94. The minimum absolute atomic E-state index is 0.0996. The molecule has 0 amide bonds. The second kappa shape index (κ2) is 13.4. The summed E-state index contributed by atoms with van der Waals surface area (Å²) in [6.45, 7) is 12.8. The predicted molar refractivity (Wildman–Crippen MR) is 184 cm³/mol. The lowest BCUT2D eigenvalue weighted by atomic mass is 9.31. The van der Waals surface area contributed by atoms with Crippen LogP contribution in [0.1, 0.15) is 81.6 Å². The molecular weight excluding hydrogens is 724 g/mol. The Labute approximate surface area is 319 Å². The fraction of sp³-hybridized carbons (Fsp3) is 0.769. The summed E-state index contributed by atoms with van der Waals surface area (Å²) in [6.07, 6.45) is -4.64. The van der Waals surface area contributed by atoms with Crippen molar-refractivity contribution in [2.75, 3.05) is 20.3 Å². The zero-order valence-electron chi connectivity index (χ0n) is 33.0. The van der Waals surface area contributed by atoms with Gasteiger partial charge < -0.3 is 43.0 Å². The number of allylic oxidation sites excluding steroid dienone is 1. The fourth-order valence-electron chi connectivity index (χ4n) is 12.5. The number of carbonyl (C=O) groups excluding carboxylic acids is 7. The Morgan fingerprint density at radius 2 is 1.44 bits per heavy atom. The van der Waals surface area contributed by atoms with Crippen molar-refractivity contribution in [2.45, 2.75) is 129 Å². The zero-order valence-corrected chi connectivity index (χ0v) is 33.0. The lowest BCUT2D eigenvalue weighted by Gasteiger charge is -2.74. The highest BCUT2D eigenvalue weighted by molar-refractivity contribution is 6.01. The molecule has 2 heterocycles. The van der Waals surface area contributed by atoms with E-state index in [1.807, 2.05) is 19.1 Å². The van der Waals surface area contributed by atoms with Crippen LogP contribution < -0.4 is 0 Å². The van der Waals surface area contributed by atoms with Crippen molar-refractivity contribution >= 4 is 41.6 Å². The second-order valence-electron chi connectivity index (χ2n) is 16.9. The number of Topliss-reactive ketones (excluding diaryl/α,β-unsaturated/α-hetero) is 1. The molecule has 6 aliphatic rings. The Kier molecular flexibility index (Phi) is 9.90. The molecule has 0 spiro atoms. The Hall–Kier alpha value is -3.89. The Bertz CT molecular complexity index is 1720. The zero-order chi connectivity index (χ0) is 40.8. The molecule has 5 fully saturated rings. The second-order valence-corrected chi connectivity index (χ2v) is 16.9. The van der Waals surface area contributed by atoms with Gasteiger partial charge in [-0.2, -0.15) is 0 Å². The highest BCUT2D eigenvalue weighted by Gasteiger charge is 2.92. The molecule has 6 rings (SSSR count). The monoisotopic (exact) mass is 776 g/mol. The summed E-state index contributed by atoms with van der Waals surface area (Å²) in [4.78, 5) is 93.3. The normalized spacial score (nSPS) is 45.6. The Morgan fingerprint density at radius 3 is 2.00 bits per heavy atom. The van der Waals surface area contributed by atoms with Gasteiger partial charge in [-0.05, 0) is 43.9 Å². The topological polar surface area (TPSA) is 217 Å². The van der Waals surface area contributed by atoms with Crippen LogP contribution in [-0.4, -0.2) is 115 Å². The maximum Gasteiger partial charge on any atom is 0.342 e. The van der Waals surface area contributed by atoms with Crippen LogP contribution >= 0.6 is 0 Å². The standard InChI is InChI=1S/C39H52O16/c1-18(50-19(2)40)37-17-49-15-11-12-25(37)34(7)14-13-26-35(8,28(34)27(51-20(3)41)30(37)52-21(4)42)31(53-22(5)43)32(54-23(6)44)36(9)38(26,47)16-24(45)29-39(36,55-29)33(46)48-10/h11-12,18,25-32,47H,13-17H2,1-10H3/t18-,25?,26?,27+,28?,29-,30+,31-,32+,34+,35+,36-,37-,38?,39?/m1/s1. The molecular formula is C39H52O16. The first kappa shape index (κ1) is 40.8. The van der Waals surface area contributed by atoms with Crippen molar-refractivity contribution in [3.8, 4) is 0 Å². The maximum absolute atomic E-state index is 13.9. The highest BCUT2D eigenvalue weighted by atomic mass is 16.7. The summed E-state index contributed by atoms with van der Waals surface area (Å²) < 4.78 is 48.0. The van der Waals surface area contributed by atoms with Crippen molar-refractivity contribution in [2.24, 2.45) is 39.4 Å². The number of ether oxygens (including phenoxy) is 8. The van der Waals surface area contributed by atoms with Crippen molar-refractivity contribution in [3.05, 3.63) is 12.2 Å². The lowest BCUT2D eigenvalue weighted by Crippen LogP contribution is -2.84. The molecule has 1 N–H and O–H groups in total. The Balaban J connectivity index is 1.71. The summed E-state index contributed by atoms with van der Waals surface area (Å²) in [7, 11) is 1.11. The van der Waals surface area contributed by atoms with E-state index in [2.05, 4.69) is 0 Å². The van der Waals surface area contributed by atoms with Gasteiger partial charge in [-0.15, -0.1) is 0 Å². The highest BCUT2D eigenvalue weighted by Crippen LogP contribution is 2.78. The molecule has 16 nitrogen and oxygen atoms in total. The first-order valence-electron chi connectivity index (χ1n) is 18.7. The maximum atomic E-state index is 13.9. The summed E-state index contributed by atoms with van der Waals surface area (Å²) >= 11 is 0. The number of hydrogen-bond acceptors (Lipinski definition) is 16. The number of methoxy groups -OCH3 is 1. The Morgan fingerprint density at radius 1 is 0.855 bits per heavy atom. The third kappa shape index (κ3) is 5.36. The molecule has 4 aliphatic carbocycles. The van der Waals surface area contributed by atoms with Gasteiger partial charge in [0.05, 0.1) is 36.8 Å². The van der Waals surface area contributed by atoms with E-state index in [0.717, 1.165) is 21.0 Å². The van der Waals surface area contributed by atoms with Crippen molar-refractivity contribution in [3.63, 3.8) is 0 Å². The van der Waals surface area contributed by atoms with Gasteiger partial charge in [0, 0.05) is 52.4 Å². The molecule has 2 aliphatic heterocycles. The average Bonchev–Trinajstić information content (AvgIpc) is 3.87. The van der Waals surface area contributed by atoms with Crippen LogP contribution in [0.25, 0.3) is 0 Å². The van der Waals surface area contributed by atoms with E-state index in [1.54, 1.807) is 13.8 Å². The number of epoxide rings is 1. The molecule has 0 radical (unpaired) electrons. The molecule has 1 saturated heterocycles. The van der Waals surface area contributed by atoms with Gasteiger partial charge in [0.25, 0.3) is 0 Å². The van der Waals surface area contributed by atoms with Gasteiger partial charge in [-0.3, -0.25) is 28.8 Å². The van der Waals surface area contributed by atoms with E-state index >= 15 is 0 Å². The van der Waals surface area contributed by atoms with Crippen LogP contribution in [0.15, 0.2) is 12.2 Å².